The molecule has 0 radical (unpaired) electrons. The summed E-state index contributed by atoms with van der Waals surface area (Å²) in [5.41, 5.74) is 5.58. The fourth-order valence-corrected chi connectivity index (χ4v) is 5.15. The number of amides is 2. The molecule has 3 aromatic rings. The van der Waals surface area contributed by atoms with Crippen LogP contribution < -0.4 is 10.6 Å². The van der Waals surface area contributed by atoms with E-state index in [9.17, 15) is 19.5 Å². The van der Waals surface area contributed by atoms with E-state index in [0.29, 0.717) is 6.54 Å². The van der Waals surface area contributed by atoms with E-state index >= 15 is 0 Å². The first kappa shape index (κ1) is 28.8. The van der Waals surface area contributed by atoms with Crippen LogP contribution in [0.1, 0.15) is 42.9 Å². The second-order valence-electron chi connectivity index (χ2n) is 10.7. The van der Waals surface area contributed by atoms with E-state index in [1.807, 2.05) is 80.4 Å². The monoisotopic (exact) mass is 543 g/mol. The smallest absolute Gasteiger partial charge is 0.407 e. The molecule has 1 aliphatic carbocycles. The number of aliphatic carboxylic acids is 1. The summed E-state index contributed by atoms with van der Waals surface area (Å²) in [7, 11) is 1.81. The Morgan fingerprint density at radius 3 is 2.02 bits per heavy atom. The third-order valence-corrected chi connectivity index (χ3v) is 7.28. The van der Waals surface area contributed by atoms with Crippen molar-refractivity contribution in [2.45, 2.75) is 44.8 Å². The zero-order valence-electron chi connectivity index (χ0n) is 23.2. The summed E-state index contributed by atoms with van der Waals surface area (Å²) in [6.45, 7) is 4.65. The molecule has 8 heteroatoms. The Hall–Kier alpha value is -4.17. The van der Waals surface area contributed by atoms with Crippen LogP contribution in [0.4, 0.5) is 4.79 Å². The molecule has 0 aliphatic heterocycles. The normalized spacial score (nSPS) is 13.8. The molecule has 2 unspecified atom stereocenters. The highest BCUT2D eigenvalue weighted by atomic mass is 16.5. The summed E-state index contributed by atoms with van der Waals surface area (Å²) in [5.74, 6) is -1.70. The quantitative estimate of drug-likeness (QED) is 0.307. The topological polar surface area (TPSA) is 108 Å². The number of hydrogen-bond donors (Lipinski definition) is 3. The van der Waals surface area contributed by atoms with E-state index < -0.39 is 30.1 Å². The zero-order valence-corrected chi connectivity index (χ0v) is 23.2. The third-order valence-electron chi connectivity index (χ3n) is 7.28. The molecule has 1 aliphatic rings. The summed E-state index contributed by atoms with van der Waals surface area (Å²) >= 11 is 0. The number of nitrogens with one attached hydrogen (secondary N) is 2. The number of ether oxygens (including phenoxy) is 1. The number of benzene rings is 3. The number of carboxylic acid groups (broad SMARTS) is 1. The van der Waals surface area contributed by atoms with Crippen molar-refractivity contribution in [3.05, 3.63) is 95.6 Å². The Balaban J connectivity index is 1.31. The van der Waals surface area contributed by atoms with Crippen molar-refractivity contribution in [3.8, 4) is 11.1 Å². The van der Waals surface area contributed by atoms with Gasteiger partial charge in [0.2, 0.25) is 5.91 Å². The predicted octanol–water partition coefficient (Wildman–Crippen LogP) is 4.64. The fraction of sp³-hybridized carbons (Fsp3) is 0.344. The molecule has 3 N–H and O–H groups in total. The number of nitrogens with zero attached hydrogens (tertiary/aromatic N) is 1. The summed E-state index contributed by atoms with van der Waals surface area (Å²) in [5, 5.41) is 15.1. The van der Waals surface area contributed by atoms with E-state index in [4.69, 9.17) is 4.74 Å². The molecule has 0 heterocycles. The molecule has 2 amide bonds. The largest absolute Gasteiger partial charge is 0.480 e. The first-order valence-electron chi connectivity index (χ1n) is 13.6. The van der Waals surface area contributed by atoms with Gasteiger partial charge in [0.15, 0.2) is 0 Å². The van der Waals surface area contributed by atoms with Gasteiger partial charge in [0.1, 0.15) is 12.6 Å². The van der Waals surface area contributed by atoms with Gasteiger partial charge in [-0.3, -0.25) is 9.69 Å². The molecule has 0 aromatic heterocycles. The standard InChI is InChI=1S/C32H37N3O5/c1-21(2)28(17-30(36)33-29(31(37)38)19-35(3)18-22-11-5-4-6-12-22)34-32(39)40-20-27-25-15-9-7-13-23(25)24-14-8-10-16-26(24)27/h4-16,21,27-29H,17-20H2,1-3H3,(H,33,36)(H,34,39)(H,37,38). The van der Waals surface area contributed by atoms with Gasteiger partial charge in [-0.25, -0.2) is 9.59 Å². The Labute approximate surface area is 235 Å². The Bertz CT molecular complexity index is 1280. The molecular weight excluding hydrogens is 506 g/mol. The molecule has 4 rings (SSSR count). The predicted molar refractivity (Wildman–Crippen MR) is 154 cm³/mol. The first-order chi connectivity index (χ1) is 19.2. The second kappa shape index (κ2) is 13.3. The highest BCUT2D eigenvalue weighted by Crippen LogP contribution is 2.44. The number of alkyl carbamates (subject to hydrolysis) is 1. The molecule has 0 bridgehead atoms. The van der Waals surface area contributed by atoms with Gasteiger partial charge in [-0.1, -0.05) is 92.7 Å². The van der Waals surface area contributed by atoms with Crippen molar-refractivity contribution in [2.24, 2.45) is 5.92 Å². The maximum absolute atomic E-state index is 12.9. The van der Waals surface area contributed by atoms with Crippen molar-refractivity contribution in [1.29, 1.82) is 0 Å². The van der Waals surface area contributed by atoms with Crippen molar-refractivity contribution in [2.75, 3.05) is 20.2 Å². The van der Waals surface area contributed by atoms with E-state index in [1.165, 1.54) is 0 Å². The summed E-state index contributed by atoms with van der Waals surface area (Å²) in [4.78, 5) is 39.4. The van der Waals surface area contributed by atoms with Crippen molar-refractivity contribution >= 4 is 18.0 Å². The van der Waals surface area contributed by atoms with E-state index in [2.05, 4.69) is 34.9 Å². The molecule has 3 aromatic carbocycles. The van der Waals surface area contributed by atoms with Gasteiger partial charge in [-0.15, -0.1) is 0 Å². The van der Waals surface area contributed by atoms with Crippen molar-refractivity contribution in [3.63, 3.8) is 0 Å². The lowest BCUT2D eigenvalue weighted by Crippen LogP contribution is -2.50. The van der Waals surface area contributed by atoms with Gasteiger partial charge in [-0.05, 0) is 40.8 Å². The molecule has 2 atom stereocenters. The lowest BCUT2D eigenvalue weighted by molar-refractivity contribution is -0.142. The van der Waals surface area contributed by atoms with Crippen LogP contribution in [0.15, 0.2) is 78.9 Å². The van der Waals surface area contributed by atoms with Crippen LogP contribution in [-0.2, 0) is 20.9 Å². The van der Waals surface area contributed by atoms with Gasteiger partial charge < -0.3 is 20.5 Å². The second-order valence-corrected chi connectivity index (χ2v) is 10.7. The van der Waals surface area contributed by atoms with Crippen LogP contribution in [-0.4, -0.2) is 60.3 Å². The van der Waals surface area contributed by atoms with E-state index in [0.717, 1.165) is 27.8 Å². The van der Waals surface area contributed by atoms with Gasteiger partial charge >= 0.3 is 12.1 Å². The first-order valence-corrected chi connectivity index (χ1v) is 13.6. The van der Waals surface area contributed by atoms with Crippen molar-refractivity contribution in [1.82, 2.24) is 15.5 Å². The fourth-order valence-electron chi connectivity index (χ4n) is 5.15. The lowest BCUT2D eigenvalue weighted by atomic mass is 9.98. The van der Waals surface area contributed by atoms with Crippen LogP contribution in [0, 0.1) is 5.92 Å². The number of rotatable bonds is 12. The number of carbonyl (C=O) groups excluding carboxylic acids is 2. The zero-order chi connectivity index (χ0) is 28.6. The third kappa shape index (κ3) is 7.27. The van der Waals surface area contributed by atoms with E-state index in [-0.39, 0.29) is 31.4 Å². The molecule has 40 heavy (non-hydrogen) atoms. The molecule has 8 nitrogen and oxygen atoms in total. The van der Waals surface area contributed by atoms with Crippen LogP contribution in [0.2, 0.25) is 0 Å². The van der Waals surface area contributed by atoms with Crippen LogP contribution in [0.25, 0.3) is 11.1 Å². The minimum Gasteiger partial charge on any atom is -0.480 e. The SMILES string of the molecule is CC(C)C(CC(=O)NC(CN(C)Cc1ccccc1)C(=O)O)NC(=O)OCC1c2ccccc2-c2ccccc21. The summed E-state index contributed by atoms with van der Waals surface area (Å²) in [6.07, 6.45) is -0.667. The Morgan fingerprint density at radius 2 is 1.45 bits per heavy atom. The number of likely N-dealkylation sites (N-methyl/N-ethyl adjacent to an activating group) is 1. The van der Waals surface area contributed by atoms with Gasteiger partial charge in [-0.2, -0.15) is 0 Å². The van der Waals surface area contributed by atoms with Gasteiger partial charge in [0.25, 0.3) is 0 Å². The van der Waals surface area contributed by atoms with Crippen LogP contribution in [0.5, 0.6) is 0 Å². The summed E-state index contributed by atoms with van der Waals surface area (Å²) in [6, 6.07) is 24.3. The molecule has 0 fully saturated rings. The molecule has 0 spiro atoms. The number of fused-ring (bicyclic) bond motifs is 3. The Kier molecular flexibility index (Phi) is 9.56. The average molecular weight is 544 g/mol. The molecule has 0 saturated heterocycles. The van der Waals surface area contributed by atoms with Gasteiger partial charge in [0.05, 0.1) is 0 Å². The highest BCUT2D eigenvalue weighted by Gasteiger charge is 2.30. The minimum absolute atomic E-state index is 0.0615. The average Bonchev–Trinajstić information content (AvgIpc) is 3.25. The van der Waals surface area contributed by atoms with Crippen LogP contribution >= 0.6 is 0 Å². The number of carbonyl (C=O) groups is 3. The Morgan fingerprint density at radius 1 is 0.875 bits per heavy atom. The molecule has 210 valence electrons. The number of hydrogen-bond acceptors (Lipinski definition) is 5. The summed E-state index contributed by atoms with van der Waals surface area (Å²) < 4.78 is 5.65. The molecule has 0 saturated carbocycles. The maximum atomic E-state index is 12.9. The van der Waals surface area contributed by atoms with Gasteiger partial charge in [0, 0.05) is 31.5 Å². The minimum atomic E-state index is -1.11. The highest BCUT2D eigenvalue weighted by molar-refractivity contribution is 5.84. The number of carboxylic acids is 1. The maximum Gasteiger partial charge on any atom is 0.407 e. The van der Waals surface area contributed by atoms with Crippen LogP contribution in [0.3, 0.4) is 0 Å². The van der Waals surface area contributed by atoms with Crippen molar-refractivity contribution < 1.29 is 24.2 Å². The lowest BCUT2D eigenvalue weighted by Gasteiger charge is -2.25. The molecular formula is C32H37N3O5. The van der Waals surface area contributed by atoms with E-state index in [1.54, 1.807) is 0 Å².